The number of nitrogens with zero attached hydrogens (tertiary/aromatic N) is 3. The van der Waals surface area contributed by atoms with Gasteiger partial charge in [-0.15, -0.1) is 0 Å². The van der Waals surface area contributed by atoms with Crippen LogP contribution in [0.1, 0.15) is 59.2 Å². The maximum atomic E-state index is 12.6. The van der Waals surface area contributed by atoms with E-state index in [1.165, 1.54) is 17.3 Å². The number of rotatable bonds is 3. The van der Waals surface area contributed by atoms with Crippen LogP contribution < -0.4 is 5.73 Å². The van der Waals surface area contributed by atoms with Crippen LogP contribution >= 0.6 is 0 Å². The average Bonchev–Trinajstić information content (AvgIpc) is 3.29. The fourth-order valence-corrected chi connectivity index (χ4v) is 4.50. The second-order valence-electron chi connectivity index (χ2n) is 7.53. The van der Waals surface area contributed by atoms with E-state index in [1.54, 1.807) is 6.07 Å². The van der Waals surface area contributed by atoms with Crippen molar-refractivity contribution in [3.05, 3.63) is 29.6 Å². The molecule has 1 saturated carbocycles. The summed E-state index contributed by atoms with van der Waals surface area (Å²) < 4.78 is 0. The Bertz CT molecular complexity index is 701. The molecule has 1 aromatic rings. The number of aromatic nitrogens is 1. The first-order valence-electron chi connectivity index (χ1n) is 9.44. The molecule has 1 atom stereocenters. The zero-order valence-corrected chi connectivity index (χ0v) is 14.8. The van der Waals surface area contributed by atoms with E-state index in [0.29, 0.717) is 24.0 Å². The first-order chi connectivity index (χ1) is 12.6. The van der Waals surface area contributed by atoms with Crippen LogP contribution in [0.4, 0.5) is 0 Å². The summed E-state index contributed by atoms with van der Waals surface area (Å²) >= 11 is 0. The summed E-state index contributed by atoms with van der Waals surface area (Å²) in [6.07, 6.45) is 8.03. The molecule has 0 bridgehead atoms. The number of hydrogen-bond acceptors (Lipinski definition) is 5. The summed E-state index contributed by atoms with van der Waals surface area (Å²) in [5.74, 6) is -0.304. The number of carbonyl (C=O) groups excluding carboxylic acids is 3. The third-order valence-electron chi connectivity index (χ3n) is 6.04. The molecule has 26 heavy (non-hydrogen) atoms. The van der Waals surface area contributed by atoms with Gasteiger partial charge in [0.25, 0.3) is 11.8 Å². The molecule has 4 rings (SSSR count). The molecule has 2 aliphatic heterocycles. The molecule has 2 fully saturated rings. The van der Waals surface area contributed by atoms with Crippen LogP contribution in [0.2, 0.25) is 0 Å². The fourth-order valence-electron chi connectivity index (χ4n) is 4.50. The molecule has 138 valence electrons. The van der Waals surface area contributed by atoms with Crippen molar-refractivity contribution in [1.29, 1.82) is 0 Å². The maximum absolute atomic E-state index is 12.6. The van der Waals surface area contributed by atoms with Crippen LogP contribution in [-0.4, -0.2) is 57.7 Å². The Labute approximate surface area is 152 Å². The zero-order valence-electron chi connectivity index (χ0n) is 14.8. The number of carbonyl (C=O) groups is 3. The van der Waals surface area contributed by atoms with E-state index >= 15 is 0 Å². The van der Waals surface area contributed by atoms with Gasteiger partial charge in [0.15, 0.2) is 0 Å². The standard InChI is InChI=1S/C19H24N4O3/c20-16(19(26)22-9-1-2-10-22)12-3-5-13(6-4-12)23-17(24)14-7-8-21-11-15(14)18(23)25/h7-8,11-13,16H,1-6,9-10,20H2/t12?,13?,16-/m0/s1. The number of fused-ring (bicyclic) bond motifs is 1. The molecule has 3 aliphatic rings. The lowest BCUT2D eigenvalue weighted by Gasteiger charge is -2.36. The molecule has 7 nitrogen and oxygen atoms in total. The quantitative estimate of drug-likeness (QED) is 0.821. The van der Waals surface area contributed by atoms with Crippen molar-refractivity contribution in [3.8, 4) is 0 Å². The largest absolute Gasteiger partial charge is 0.341 e. The van der Waals surface area contributed by atoms with Crippen LogP contribution in [0.25, 0.3) is 0 Å². The van der Waals surface area contributed by atoms with Crippen molar-refractivity contribution in [3.63, 3.8) is 0 Å². The fraction of sp³-hybridized carbons (Fsp3) is 0.579. The number of amides is 3. The Kier molecular flexibility index (Phi) is 4.48. The van der Waals surface area contributed by atoms with Gasteiger partial charge in [-0.05, 0) is 50.5 Å². The van der Waals surface area contributed by atoms with Gasteiger partial charge in [0.05, 0.1) is 17.2 Å². The molecule has 3 amide bonds. The minimum atomic E-state index is -0.472. The first-order valence-corrected chi connectivity index (χ1v) is 9.44. The minimum absolute atomic E-state index is 0.0535. The lowest BCUT2D eigenvalue weighted by atomic mass is 9.81. The molecule has 3 heterocycles. The number of nitrogens with two attached hydrogens (primary N) is 1. The topological polar surface area (TPSA) is 96.6 Å². The number of imide groups is 1. The Morgan fingerprint density at radius 1 is 1.08 bits per heavy atom. The van der Waals surface area contributed by atoms with E-state index in [0.717, 1.165) is 38.8 Å². The predicted molar refractivity (Wildman–Crippen MR) is 94.3 cm³/mol. The van der Waals surface area contributed by atoms with Crippen molar-refractivity contribution in [2.75, 3.05) is 13.1 Å². The number of pyridine rings is 1. The molecule has 7 heteroatoms. The lowest BCUT2D eigenvalue weighted by Crippen LogP contribution is -2.49. The summed E-state index contributed by atoms with van der Waals surface area (Å²) in [6, 6.07) is 1.01. The van der Waals surface area contributed by atoms with Gasteiger partial charge in [-0.25, -0.2) is 0 Å². The molecular formula is C19H24N4O3. The van der Waals surface area contributed by atoms with Crippen molar-refractivity contribution >= 4 is 17.7 Å². The summed E-state index contributed by atoms with van der Waals surface area (Å²) in [4.78, 5) is 44.9. The average molecular weight is 356 g/mol. The number of hydrogen-bond donors (Lipinski definition) is 1. The molecule has 0 radical (unpaired) electrons. The van der Waals surface area contributed by atoms with Crippen molar-refractivity contribution in [2.45, 2.75) is 50.6 Å². The highest BCUT2D eigenvalue weighted by Gasteiger charge is 2.42. The Morgan fingerprint density at radius 3 is 2.38 bits per heavy atom. The van der Waals surface area contributed by atoms with Crippen molar-refractivity contribution in [1.82, 2.24) is 14.8 Å². The van der Waals surface area contributed by atoms with Crippen LogP contribution in [-0.2, 0) is 4.79 Å². The Morgan fingerprint density at radius 2 is 1.73 bits per heavy atom. The first kappa shape index (κ1) is 17.1. The van der Waals surface area contributed by atoms with Gasteiger partial charge in [-0.3, -0.25) is 24.3 Å². The molecule has 0 spiro atoms. The van der Waals surface area contributed by atoms with Gasteiger partial charge < -0.3 is 10.6 Å². The number of likely N-dealkylation sites (tertiary alicyclic amines) is 1. The monoisotopic (exact) mass is 356 g/mol. The molecule has 0 aromatic carbocycles. The van der Waals surface area contributed by atoms with Gasteiger partial charge in [0.2, 0.25) is 5.91 Å². The Hall–Kier alpha value is -2.28. The summed E-state index contributed by atoms with van der Waals surface area (Å²) in [7, 11) is 0. The SMILES string of the molecule is N[C@H](C(=O)N1CCCC1)C1CCC(N2C(=O)c3ccncc3C2=O)CC1. The highest BCUT2D eigenvalue weighted by atomic mass is 16.2. The zero-order chi connectivity index (χ0) is 18.3. The normalized spacial score (nSPS) is 27.0. The predicted octanol–water partition coefficient (Wildman–Crippen LogP) is 1.19. The molecule has 1 aromatic heterocycles. The third-order valence-corrected chi connectivity index (χ3v) is 6.04. The Balaban J connectivity index is 1.39. The van der Waals surface area contributed by atoms with Crippen LogP contribution in [0.3, 0.4) is 0 Å². The summed E-state index contributed by atoms with van der Waals surface area (Å²) in [5, 5.41) is 0. The molecule has 1 aliphatic carbocycles. The second kappa shape index (κ2) is 6.79. The van der Waals surface area contributed by atoms with Crippen LogP contribution in [0.5, 0.6) is 0 Å². The second-order valence-corrected chi connectivity index (χ2v) is 7.53. The van der Waals surface area contributed by atoms with Gasteiger partial charge >= 0.3 is 0 Å². The van der Waals surface area contributed by atoms with E-state index in [9.17, 15) is 14.4 Å². The highest BCUT2D eigenvalue weighted by Crippen LogP contribution is 2.34. The molecular weight excluding hydrogens is 332 g/mol. The molecule has 2 N–H and O–H groups in total. The van der Waals surface area contributed by atoms with E-state index in [2.05, 4.69) is 4.98 Å². The van der Waals surface area contributed by atoms with Gasteiger partial charge in [-0.2, -0.15) is 0 Å². The van der Waals surface area contributed by atoms with E-state index in [-0.39, 0.29) is 29.7 Å². The smallest absolute Gasteiger partial charge is 0.263 e. The maximum Gasteiger partial charge on any atom is 0.263 e. The van der Waals surface area contributed by atoms with Crippen molar-refractivity contribution in [2.24, 2.45) is 11.7 Å². The van der Waals surface area contributed by atoms with Gasteiger partial charge in [0.1, 0.15) is 0 Å². The summed E-state index contributed by atoms with van der Waals surface area (Å²) in [6.45, 7) is 1.62. The summed E-state index contributed by atoms with van der Waals surface area (Å²) in [5.41, 5.74) is 7.07. The minimum Gasteiger partial charge on any atom is -0.341 e. The van der Waals surface area contributed by atoms with E-state index in [4.69, 9.17) is 5.73 Å². The highest BCUT2D eigenvalue weighted by molar-refractivity contribution is 6.21. The lowest BCUT2D eigenvalue weighted by molar-refractivity contribution is -0.133. The van der Waals surface area contributed by atoms with E-state index < -0.39 is 6.04 Å². The van der Waals surface area contributed by atoms with Crippen LogP contribution in [0, 0.1) is 5.92 Å². The molecule has 1 saturated heterocycles. The van der Waals surface area contributed by atoms with Gasteiger partial charge in [0, 0.05) is 31.5 Å². The third kappa shape index (κ3) is 2.80. The van der Waals surface area contributed by atoms with Crippen LogP contribution in [0.15, 0.2) is 18.5 Å². The molecule has 0 unspecified atom stereocenters. The van der Waals surface area contributed by atoms with E-state index in [1.807, 2.05) is 4.90 Å². The van der Waals surface area contributed by atoms with Crippen molar-refractivity contribution < 1.29 is 14.4 Å². The van der Waals surface area contributed by atoms with Gasteiger partial charge in [-0.1, -0.05) is 0 Å².